The number of nitrogens with zero attached hydrogens (tertiary/aromatic N) is 2. The number of carbonyl (C=O) groups excluding carboxylic acids is 1. The predicted molar refractivity (Wildman–Crippen MR) is 65.1 cm³/mol. The van der Waals surface area contributed by atoms with Crippen LogP contribution in [0.4, 0.5) is 15.8 Å². The first-order valence-corrected chi connectivity index (χ1v) is 5.40. The molecule has 3 N–H and O–H groups in total. The largest absolute Gasteiger partial charge is 0.393 e. The Morgan fingerprint density at radius 2 is 2.30 bits per heavy atom. The van der Waals surface area contributed by atoms with Gasteiger partial charge in [-0.25, -0.2) is 4.39 Å². The van der Waals surface area contributed by atoms with Gasteiger partial charge in [0.25, 0.3) is 11.6 Å². The first kappa shape index (κ1) is 13.5. The maximum atomic E-state index is 13.3. The molecule has 0 radical (unpaired) electrons. The molecule has 0 aliphatic rings. The number of aromatic nitrogens is 1. The summed E-state index contributed by atoms with van der Waals surface area (Å²) in [6, 6.07) is 3.01. The van der Waals surface area contributed by atoms with Crippen molar-refractivity contribution in [1.82, 2.24) is 10.5 Å². The molecule has 8 nitrogen and oxygen atoms in total. The van der Waals surface area contributed by atoms with E-state index in [4.69, 9.17) is 10.3 Å². The zero-order valence-electron chi connectivity index (χ0n) is 10.00. The Morgan fingerprint density at radius 3 is 2.90 bits per heavy atom. The van der Waals surface area contributed by atoms with E-state index in [9.17, 15) is 19.3 Å². The molecule has 2 rings (SSSR count). The molecule has 0 fully saturated rings. The maximum Gasteiger partial charge on any atom is 0.295 e. The van der Waals surface area contributed by atoms with Gasteiger partial charge in [0.15, 0.2) is 5.76 Å². The SMILES string of the molecule is Nc1c(C(=O)NCc2ccno2)cc(F)cc1[N+](=O)[O-]. The number of anilines is 1. The van der Waals surface area contributed by atoms with Gasteiger partial charge < -0.3 is 15.6 Å². The Morgan fingerprint density at radius 1 is 1.55 bits per heavy atom. The minimum atomic E-state index is -0.921. The summed E-state index contributed by atoms with van der Waals surface area (Å²) in [5.74, 6) is -1.29. The number of halogens is 1. The van der Waals surface area contributed by atoms with Gasteiger partial charge in [-0.3, -0.25) is 14.9 Å². The maximum absolute atomic E-state index is 13.3. The average Bonchev–Trinajstić information content (AvgIpc) is 2.91. The molecule has 0 spiro atoms. The van der Waals surface area contributed by atoms with Crippen molar-refractivity contribution in [3.05, 3.63) is 51.7 Å². The number of nitrogen functional groups attached to an aromatic ring is 1. The average molecular weight is 280 g/mol. The molecule has 0 aliphatic heterocycles. The monoisotopic (exact) mass is 280 g/mol. The minimum absolute atomic E-state index is 0.00256. The minimum Gasteiger partial charge on any atom is -0.393 e. The molecule has 1 heterocycles. The van der Waals surface area contributed by atoms with Gasteiger partial charge in [0, 0.05) is 6.07 Å². The standard InChI is InChI=1S/C11H9FN4O4/c12-6-3-8(10(13)9(4-6)16(18)19)11(17)14-5-7-1-2-15-20-7/h1-4H,5,13H2,(H,14,17). The highest BCUT2D eigenvalue weighted by Gasteiger charge is 2.21. The van der Waals surface area contributed by atoms with E-state index in [1.807, 2.05) is 0 Å². The van der Waals surface area contributed by atoms with Crippen LogP contribution in [0.2, 0.25) is 0 Å². The summed E-state index contributed by atoms with van der Waals surface area (Å²) in [6.45, 7) is 0.00256. The number of nitro benzene ring substituents is 1. The van der Waals surface area contributed by atoms with E-state index in [2.05, 4.69) is 10.5 Å². The Kier molecular flexibility index (Phi) is 3.60. The molecule has 1 aromatic heterocycles. The molecule has 1 aromatic carbocycles. The van der Waals surface area contributed by atoms with Crippen molar-refractivity contribution in [2.75, 3.05) is 5.73 Å². The summed E-state index contributed by atoms with van der Waals surface area (Å²) in [5.41, 5.74) is 4.13. The van der Waals surface area contributed by atoms with Crippen molar-refractivity contribution in [2.24, 2.45) is 0 Å². The molecule has 2 aromatic rings. The van der Waals surface area contributed by atoms with Crippen LogP contribution in [0.1, 0.15) is 16.1 Å². The highest BCUT2D eigenvalue weighted by molar-refractivity contribution is 6.00. The highest BCUT2D eigenvalue weighted by Crippen LogP contribution is 2.26. The number of amides is 1. The first-order chi connectivity index (χ1) is 9.49. The first-order valence-electron chi connectivity index (χ1n) is 5.40. The number of hydrogen-bond donors (Lipinski definition) is 2. The molecular formula is C11H9FN4O4. The summed E-state index contributed by atoms with van der Waals surface area (Å²) in [7, 11) is 0. The Bertz CT molecular complexity index is 657. The second kappa shape index (κ2) is 5.34. The molecule has 0 bridgehead atoms. The number of benzene rings is 1. The van der Waals surface area contributed by atoms with Crippen LogP contribution in [-0.4, -0.2) is 16.0 Å². The predicted octanol–water partition coefficient (Wildman–Crippen LogP) is 1.23. The van der Waals surface area contributed by atoms with Crippen molar-refractivity contribution in [3.63, 3.8) is 0 Å². The fourth-order valence-corrected chi connectivity index (χ4v) is 1.54. The van der Waals surface area contributed by atoms with Crippen LogP contribution in [0.3, 0.4) is 0 Å². The summed E-state index contributed by atoms with van der Waals surface area (Å²) < 4.78 is 18.0. The highest BCUT2D eigenvalue weighted by atomic mass is 19.1. The van der Waals surface area contributed by atoms with Crippen LogP contribution in [0.25, 0.3) is 0 Å². The van der Waals surface area contributed by atoms with Gasteiger partial charge in [-0.2, -0.15) is 0 Å². The Labute approximate surface area is 111 Å². The van der Waals surface area contributed by atoms with E-state index in [1.54, 1.807) is 0 Å². The molecule has 9 heteroatoms. The molecular weight excluding hydrogens is 271 g/mol. The van der Waals surface area contributed by atoms with E-state index in [0.29, 0.717) is 11.8 Å². The Balaban J connectivity index is 2.23. The summed E-state index contributed by atoms with van der Waals surface area (Å²) >= 11 is 0. The molecule has 0 atom stereocenters. The zero-order valence-corrected chi connectivity index (χ0v) is 10.00. The van der Waals surface area contributed by atoms with Crippen molar-refractivity contribution in [2.45, 2.75) is 6.54 Å². The number of rotatable bonds is 4. The van der Waals surface area contributed by atoms with E-state index in [-0.39, 0.29) is 12.1 Å². The molecule has 0 aliphatic carbocycles. The molecule has 20 heavy (non-hydrogen) atoms. The number of carbonyl (C=O) groups is 1. The van der Waals surface area contributed by atoms with Crippen molar-refractivity contribution in [1.29, 1.82) is 0 Å². The van der Waals surface area contributed by atoms with E-state index in [1.165, 1.54) is 12.3 Å². The Hall–Kier alpha value is -2.97. The third-order valence-corrected chi connectivity index (χ3v) is 2.48. The summed E-state index contributed by atoms with van der Waals surface area (Å²) in [6.07, 6.45) is 1.39. The topological polar surface area (TPSA) is 124 Å². The van der Waals surface area contributed by atoms with Gasteiger partial charge in [-0.05, 0) is 6.07 Å². The van der Waals surface area contributed by atoms with Crippen LogP contribution in [-0.2, 0) is 6.54 Å². The third-order valence-electron chi connectivity index (χ3n) is 2.48. The fourth-order valence-electron chi connectivity index (χ4n) is 1.54. The molecule has 1 amide bonds. The van der Waals surface area contributed by atoms with E-state index >= 15 is 0 Å². The van der Waals surface area contributed by atoms with Gasteiger partial charge in [0.05, 0.1) is 29.3 Å². The van der Waals surface area contributed by atoms with Crippen molar-refractivity contribution in [3.8, 4) is 0 Å². The number of nitrogens with two attached hydrogens (primary N) is 1. The quantitative estimate of drug-likeness (QED) is 0.493. The zero-order chi connectivity index (χ0) is 14.7. The van der Waals surface area contributed by atoms with Crippen LogP contribution in [0, 0.1) is 15.9 Å². The summed E-state index contributed by atoms with van der Waals surface area (Å²) in [5, 5.41) is 16.5. The number of nitro groups is 1. The number of hydrogen-bond acceptors (Lipinski definition) is 6. The lowest BCUT2D eigenvalue weighted by atomic mass is 10.1. The van der Waals surface area contributed by atoms with Crippen LogP contribution in [0.5, 0.6) is 0 Å². The molecule has 0 saturated heterocycles. The van der Waals surface area contributed by atoms with Crippen LogP contribution < -0.4 is 11.1 Å². The van der Waals surface area contributed by atoms with Crippen LogP contribution >= 0.6 is 0 Å². The van der Waals surface area contributed by atoms with Crippen molar-refractivity contribution < 1.29 is 18.6 Å². The molecule has 0 saturated carbocycles. The molecule has 0 unspecified atom stereocenters. The van der Waals surface area contributed by atoms with Crippen molar-refractivity contribution >= 4 is 17.3 Å². The van der Waals surface area contributed by atoms with Gasteiger partial charge in [-0.1, -0.05) is 5.16 Å². The van der Waals surface area contributed by atoms with E-state index in [0.717, 1.165) is 6.07 Å². The lowest BCUT2D eigenvalue weighted by Gasteiger charge is -2.06. The normalized spacial score (nSPS) is 10.2. The lowest BCUT2D eigenvalue weighted by Crippen LogP contribution is -2.24. The third kappa shape index (κ3) is 2.71. The fraction of sp³-hybridized carbons (Fsp3) is 0.0909. The van der Waals surface area contributed by atoms with Gasteiger partial charge >= 0.3 is 0 Å². The van der Waals surface area contributed by atoms with Crippen LogP contribution in [0.15, 0.2) is 28.9 Å². The van der Waals surface area contributed by atoms with Gasteiger partial charge in [0.1, 0.15) is 11.5 Å². The smallest absolute Gasteiger partial charge is 0.295 e. The second-order valence-electron chi connectivity index (χ2n) is 3.80. The van der Waals surface area contributed by atoms with E-state index < -0.39 is 28.0 Å². The summed E-state index contributed by atoms with van der Waals surface area (Å²) in [4.78, 5) is 21.7. The lowest BCUT2D eigenvalue weighted by molar-refractivity contribution is -0.384. The van der Waals surface area contributed by atoms with Gasteiger partial charge in [0.2, 0.25) is 0 Å². The number of nitrogens with one attached hydrogen (secondary N) is 1. The second-order valence-corrected chi connectivity index (χ2v) is 3.80. The molecule has 104 valence electrons. The van der Waals surface area contributed by atoms with Gasteiger partial charge in [-0.15, -0.1) is 0 Å².